The molecule has 2 aromatic rings. The molecule has 96 valence electrons. The minimum atomic E-state index is -0.140. The van der Waals surface area contributed by atoms with Crippen LogP contribution in [0, 0.1) is 0 Å². The van der Waals surface area contributed by atoms with Crippen LogP contribution in [0.25, 0.3) is 5.69 Å². The zero-order valence-electron chi connectivity index (χ0n) is 9.98. The van der Waals surface area contributed by atoms with Crippen LogP contribution in [0.5, 0.6) is 0 Å². The minimum absolute atomic E-state index is 0.140. The van der Waals surface area contributed by atoms with Crippen molar-refractivity contribution in [3.63, 3.8) is 0 Å². The fourth-order valence-electron chi connectivity index (χ4n) is 1.69. The predicted molar refractivity (Wildman–Crippen MR) is 73.6 cm³/mol. The summed E-state index contributed by atoms with van der Waals surface area (Å²) in [6.45, 7) is 0.769. The molecule has 0 saturated carbocycles. The summed E-state index contributed by atoms with van der Waals surface area (Å²) in [4.78, 5) is 20.0. The van der Waals surface area contributed by atoms with Crippen LogP contribution in [-0.2, 0) is 0 Å². The molecule has 7 heteroatoms. The number of rotatable bonds is 2. The molecule has 1 aromatic carbocycles. The highest BCUT2D eigenvalue weighted by Gasteiger charge is 2.12. The Morgan fingerprint density at radius 1 is 1.32 bits per heavy atom. The van der Waals surface area contributed by atoms with Crippen LogP contribution in [0.3, 0.4) is 0 Å². The Morgan fingerprint density at radius 3 is 2.79 bits per heavy atom. The Kier molecular flexibility index (Phi) is 3.28. The van der Waals surface area contributed by atoms with E-state index in [9.17, 15) is 4.79 Å². The van der Waals surface area contributed by atoms with Crippen molar-refractivity contribution in [3.8, 4) is 5.69 Å². The van der Waals surface area contributed by atoms with Gasteiger partial charge in [0.05, 0.1) is 12.2 Å². The number of aliphatic imine (C=N–C) groups is 1. The fourth-order valence-corrected chi connectivity index (χ4v) is 2.41. The average Bonchev–Trinajstić information content (AvgIpc) is 3.12. The van der Waals surface area contributed by atoms with Crippen LogP contribution in [0.15, 0.2) is 41.9 Å². The van der Waals surface area contributed by atoms with Crippen LogP contribution in [-0.4, -0.2) is 38.1 Å². The highest BCUT2D eigenvalue weighted by atomic mass is 32.2. The maximum Gasteiger partial charge on any atom is 0.257 e. The van der Waals surface area contributed by atoms with Gasteiger partial charge in [-0.05, 0) is 24.3 Å². The summed E-state index contributed by atoms with van der Waals surface area (Å²) in [6.07, 6.45) is 3.08. The van der Waals surface area contributed by atoms with Gasteiger partial charge in [0.2, 0.25) is 0 Å². The number of hydrogen-bond acceptors (Lipinski definition) is 5. The summed E-state index contributed by atoms with van der Waals surface area (Å²) in [5, 5.41) is 7.51. The molecule has 2 heterocycles. The maximum atomic E-state index is 12.0. The maximum absolute atomic E-state index is 12.0. The second-order valence-corrected chi connectivity index (χ2v) is 4.96. The van der Waals surface area contributed by atoms with Crippen molar-refractivity contribution in [2.24, 2.45) is 4.99 Å². The Hall–Kier alpha value is -2.15. The first kappa shape index (κ1) is 11.9. The van der Waals surface area contributed by atoms with E-state index in [0.717, 1.165) is 18.0 Å². The lowest BCUT2D eigenvalue weighted by Gasteiger charge is -2.05. The van der Waals surface area contributed by atoms with Crippen molar-refractivity contribution >= 4 is 22.8 Å². The van der Waals surface area contributed by atoms with E-state index >= 15 is 0 Å². The van der Waals surface area contributed by atoms with E-state index in [1.54, 1.807) is 34.9 Å². The normalized spacial score (nSPS) is 14.2. The van der Waals surface area contributed by atoms with Gasteiger partial charge in [0.1, 0.15) is 12.7 Å². The third kappa shape index (κ3) is 2.65. The predicted octanol–water partition coefficient (Wildman–Crippen LogP) is 1.10. The van der Waals surface area contributed by atoms with Crippen molar-refractivity contribution in [3.05, 3.63) is 42.5 Å². The van der Waals surface area contributed by atoms with Gasteiger partial charge in [0.15, 0.2) is 5.17 Å². The SMILES string of the molecule is O=C(NC1=NCCS1)c1ccc(-n2cncn2)cc1. The van der Waals surface area contributed by atoms with E-state index in [2.05, 4.69) is 20.4 Å². The number of nitrogens with one attached hydrogen (secondary N) is 1. The molecule has 0 unspecified atom stereocenters. The second-order valence-electron chi connectivity index (χ2n) is 3.88. The summed E-state index contributed by atoms with van der Waals surface area (Å²) >= 11 is 1.56. The number of hydrogen-bond donors (Lipinski definition) is 1. The molecule has 1 aromatic heterocycles. The van der Waals surface area contributed by atoms with E-state index in [4.69, 9.17) is 0 Å². The Labute approximate surface area is 113 Å². The van der Waals surface area contributed by atoms with Gasteiger partial charge in [-0.3, -0.25) is 9.79 Å². The summed E-state index contributed by atoms with van der Waals surface area (Å²) in [5.41, 5.74) is 1.46. The molecule has 0 spiro atoms. The number of amidine groups is 1. The third-order valence-corrected chi connectivity index (χ3v) is 3.51. The highest BCUT2D eigenvalue weighted by molar-refractivity contribution is 8.14. The van der Waals surface area contributed by atoms with Crippen LogP contribution in [0.1, 0.15) is 10.4 Å². The van der Waals surface area contributed by atoms with Gasteiger partial charge >= 0.3 is 0 Å². The van der Waals surface area contributed by atoms with E-state index in [1.165, 1.54) is 6.33 Å². The van der Waals surface area contributed by atoms with Crippen molar-refractivity contribution < 1.29 is 4.79 Å². The van der Waals surface area contributed by atoms with Crippen LogP contribution in [0.4, 0.5) is 0 Å². The first-order valence-electron chi connectivity index (χ1n) is 5.76. The lowest BCUT2D eigenvalue weighted by Crippen LogP contribution is -2.27. The summed E-state index contributed by atoms with van der Waals surface area (Å²) in [7, 11) is 0. The highest BCUT2D eigenvalue weighted by Crippen LogP contribution is 2.11. The molecule has 0 saturated heterocycles. The monoisotopic (exact) mass is 273 g/mol. The molecule has 1 aliphatic rings. The molecular formula is C12H11N5OS. The van der Waals surface area contributed by atoms with Gasteiger partial charge < -0.3 is 5.32 Å². The molecule has 19 heavy (non-hydrogen) atoms. The summed E-state index contributed by atoms with van der Waals surface area (Å²) in [6, 6.07) is 7.17. The molecule has 0 radical (unpaired) electrons. The molecule has 0 fully saturated rings. The second kappa shape index (κ2) is 5.23. The molecule has 3 rings (SSSR count). The molecule has 1 N–H and O–H groups in total. The number of thioether (sulfide) groups is 1. The molecule has 0 atom stereocenters. The Morgan fingerprint density at radius 2 is 2.16 bits per heavy atom. The van der Waals surface area contributed by atoms with Crippen LogP contribution in [0.2, 0.25) is 0 Å². The van der Waals surface area contributed by atoms with Crippen molar-refractivity contribution in [1.82, 2.24) is 20.1 Å². The number of benzene rings is 1. The zero-order chi connectivity index (χ0) is 13.1. The quantitative estimate of drug-likeness (QED) is 0.889. The van der Waals surface area contributed by atoms with E-state index in [1.807, 2.05) is 12.1 Å². The van der Waals surface area contributed by atoms with Gasteiger partial charge in [-0.2, -0.15) is 5.10 Å². The van der Waals surface area contributed by atoms with Crippen LogP contribution < -0.4 is 5.32 Å². The Balaban J connectivity index is 1.73. The minimum Gasteiger partial charge on any atom is -0.301 e. The number of amides is 1. The number of aromatic nitrogens is 3. The smallest absolute Gasteiger partial charge is 0.257 e. The number of carbonyl (C=O) groups is 1. The van der Waals surface area contributed by atoms with E-state index < -0.39 is 0 Å². The van der Waals surface area contributed by atoms with Gasteiger partial charge in [-0.25, -0.2) is 9.67 Å². The van der Waals surface area contributed by atoms with Crippen molar-refractivity contribution in [1.29, 1.82) is 0 Å². The van der Waals surface area contributed by atoms with Gasteiger partial charge in [-0.1, -0.05) is 11.8 Å². The third-order valence-electron chi connectivity index (χ3n) is 2.62. The molecular weight excluding hydrogens is 262 g/mol. The standard InChI is InChI=1S/C12H11N5OS/c18-11(16-12-14-5-6-19-12)9-1-3-10(4-2-9)17-8-13-7-15-17/h1-4,7-8H,5-6H2,(H,14,16,18). The zero-order valence-corrected chi connectivity index (χ0v) is 10.8. The van der Waals surface area contributed by atoms with Gasteiger partial charge in [0, 0.05) is 11.3 Å². The fraction of sp³-hybridized carbons (Fsp3) is 0.167. The summed E-state index contributed by atoms with van der Waals surface area (Å²) in [5.74, 6) is 0.791. The molecule has 0 aliphatic carbocycles. The molecule has 6 nitrogen and oxygen atoms in total. The van der Waals surface area contributed by atoms with E-state index in [-0.39, 0.29) is 5.91 Å². The number of nitrogens with zero attached hydrogens (tertiary/aromatic N) is 4. The van der Waals surface area contributed by atoms with Crippen molar-refractivity contribution in [2.75, 3.05) is 12.3 Å². The van der Waals surface area contributed by atoms with Gasteiger partial charge in [-0.15, -0.1) is 0 Å². The van der Waals surface area contributed by atoms with Crippen LogP contribution >= 0.6 is 11.8 Å². The average molecular weight is 273 g/mol. The lowest BCUT2D eigenvalue weighted by atomic mass is 10.2. The molecule has 1 aliphatic heterocycles. The lowest BCUT2D eigenvalue weighted by molar-refractivity contribution is 0.0978. The van der Waals surface area contributed by atoms with Gasteiger partial charge in [0.25, 0.3) is 5.91 Å². The number of carbonyl (C=O) groups excluding carboxylic acids is 1. The Bertz CT molecular complexity index is 606. The topological polar surface area (TPSA) is 72.2 Å². The van der Waals surface area contributed by atoms with E-state index in [0.29, 0.717) is 10.7 Å². The first-order valence-corrected chi connectivity index (χ1v) is 6.75. The molecule has 1 amide bonds. The summed E-state index contributed by atoms with van der Waals surface area (Å²) < 4.78 is 1.64. The van der Waals surface area contributed by atoms with Crippen molar-refractivity contribution in [2.45, 2.75) is 0 Å². The first-order chi connectivity index (χ1) is 9.33. The largest absolute Gasteiger partial charge is 0.301 e. The molecule has 0 bridgehead atoms.